The molecular weight excluding hydrogens is 258 g/mol. The molecule has 2 bridgehead atoms. The van der Waals surface area contributed by atoms with Crippen LogP contribution in [0.1, 0.15) is 12.8 Å². The van der Waals surface area contributed by atoms with Crippen LogP contribution in [0.5, 0.6) is 0 Å². The molecule has 2 aromatic rings. The summed E-state index contributed by atoms with van der Waals surface area (Å²) in [6.45, 7) is 4.83. The summed E-state index contributed by atoms with van der Waals surface area (Å²) in [5.74, 6) is 0. The summed E-state index contributed by atoms with van der Waals surface area (Å²) in [5.41, 5.74) is 3.74. The molecule has 108 valence electrons. The van der Waals surface area contributed by atoms with Crippen LogP contribution in [0, 0.1) is 0 Å². The van der Waals surface area contributed by atoms with Gasteiger partial charge in [-0.05, 0) is 24.5 Å². The maximum absolute atomic E-state index is 4.49. The van der Waals surface area contributed by atoms with Gasteiger partial charge in [-0.3, -0.25) is 4.98 Å². The van der Waals surface area contributed by atoms with Crippen LogP contribution in [0.25, 0.3) is 11.1 Å². The van der Waals surface area contributed by atoms with Gasteiger partial charge in [0.2, 0.25) is 0 Å². The van der Waals surface area contributed by atoms with Crippen molar-refractivity contribution in [3.8, 4) is 11.1 Å². The van der Waals surface area contributed by atoms with Gasteiger partial charge in [-0.25, -0.2) is 0 Å². The fraction of sp³-hybridized carbons (Fsp3) is 0.389. The van der Waals surface area contributed by atoms with Gasteiger partial charge in [0, 0.05) is 44.0 Å². The maximum Gasteiger partial charge on any atom is 0.0561 e. The molecule has 3 fully saturated rings. The van der Waals surface area contributed by atoms with E-state index in [9.17, 15) is 0 Å². The lowest BCUT2D eigenvalue weighted by molar-refractivity contribution is 0.250. The first kappa shape index (κ1) is 12.8. The van der Waals surface area contributed by atoms with Crippen LogP contribution >= 0.6 is 0 Å². The van der Waals surface area contributed by atoms with E-state index in [2.05, 4.69) is 51.2 Å². The summed E-state index contributed by atoms with van der Waals surface area (Å²) in [6.07, 6.45) is 6.57. The molecule has 21 heavy (non-hydrogen) atoms. The van der Waals surface area contributed by atoms with E-state index in [1.165, 1.54) is 49.3 Å². The minimum absolute atomic E-state index is 0.691. The molecule has 0 N–H and O–H groups in total. The molecule has 0 radical (unpaired) electrons. The Kier molecular flexibility index (Phi) is 3.36. The molecule has 0 spiro atoms. The molecule has 0 saturated carbocycles. The van der Waals surface area contributed by atoms with Crippen LogP contribution in [-0.2, 0) is 0 Å². The van der Waals surface area contributed by atoms with Crippen molar-refractivity contribution in [3.63, 3.8) is 0 Å². The molecule has 4 heterocycles. The average Bonchev–Trinajstić information content (AvgIpc) is 2.90. The zero-order valence-corrected chi connectivity index (χ0v) is 12.3. The minimum atomic E-state index is 0.691. The van der Waals surface area contributed by atoms with Crippen LogP contribution in [0.15, 0.2) is 48.8 Å². The number of benzene rings is 1. The lowest BCUT2D eigenvalue weighted by atomic mass is 10.0. The van der Waals surface area contributed by atoms with Crippen LogP contribution in [0.4, 0.5) is 5.69 Å². The summed E-state index contributed by atoms with van der Waals surface area (Å²) in [7, 11) is 0. The molecule has 3 nitrogen and oxygen atoms in total. The van der Waals surface area contributed by atoms with Crippen molar-refractivity contribution in [3.05, 3.63) is 48.8 Å². The standard InChI is InChI=1S/C18H21N3/c1-2-4-15(5-3-1)16-12-18(14-19-13-16)21-11-10-20-8-6-17(21)7-9-20/h1-5,12-14,17H,6-11H2. The molecule has 3 aliphatic heterocycles. The zero-order chi connectivity index (χ0) is 14.1. The molecule has 5 rings (SSSR count). The molecule has 1 aromatic heterocycles. The number of hydrogen-bond acceptors (Lipinski definition) is 3. The Hall–Kier alpha value is -1.87. The fourth-order valence-corrected chi connectivity index (χ4v) is 3.60. The number of anilines is 1. The summed E-state index contributed by atoms with van der Waals surface area (Å²) < 4.78 is 0. The smallest absolute Gasteiger partial charge is 0.0561 e. The zero-order valence-electron chi connectivity index (χ0n) is 12.3. The summed E-state index contributed by atoms with van der Waals surface area (Å²) in [6, 6.07) is 13.5. The van der Waals surface area contributed by atoms with Gasteiger partial charge in [0.1, 0.15) is 0 Å². The lowest BCUT2D eigenvalue weighted by Crippen LogP contribution is -2.37. The summed E-state index contributed by atoms with van der Waals surface area (Å²) >= 11 is 0. The third kappa shape index (κ3) is 2.54. The van der Waals surface area contributed by atoms with E-state index in [0.717, 1.165) is 6.54 Å². The van der Waals surface area contributed by atoms with Gasteiger partial charge in [-0.1, -0.05) is 30.3 Å². The second kappa shape index (κ2) is 5.49. The SMILES string of the molecule is c1ccc(-c2cncc(N3CCN4CCC3CC4)c2)cc1. The fourth-order valence-electron chi connectivity index (χ4n) is 3.60. The van der Waals surface area contributed by atoms with Crippen LogP contribution in [0.3, 0.4) is 0 Å². The van der Waals surface area contributed by atoms with Crippen molar-refractivity contribution in [2.24, 2.45) is 0 Å². The van der Waals surface area contributed by atoms with Crippen LogP contribution in [-0.4, -0.2) is 42.1 Å². The largest absolute Gasteiger partial charge is 0.366 e. The van der Waals surface area contributed by atoms with Crippen molar-refractivity contribution in [1.82, 2.24) is 9.88 Å². The minimum Gasteiger partial charge on any atom is -0.366 e. The molecule has 0 unspecified atom stereocenters. The number of hydrogen-bond donors (Lipinski definition) is 0. The van der Waals surface area contributed by atoms with Crippen molar-refractivity contribution in [2.75, 3.05) is 31.1 Å². The quantitative estimate of drug-likeness (QED) is 0.842. The van der Waals surface area contributed by atoms with Crippen molar-refractivity contribution in [2.45, 2.75) is 18.9 Å². The van der Waals surface area contributed by atoms with Gasteiger partial charge in [0.05, 0.1) is 11.9 Å². The highest BCUT2D eigenvalue weighted by Crippen LogP contribution is 2.29. The second-order valence-corrected chi connectivity index (χ2v) is 6.06. The third-order valence-electron chi connectivity index (χ3n) is 4.82. The molecule has 3 saturated heterocycles. The number of nitrogens with zero attached hydrogens (tertiary/aromatic N) is 3. The highest BCUT2D eigenvalue weighted by atomic mass is 15.3. The van der Waals surface area contributed by atoms with Crippen molar-refractivity contribution < 1.29 is 0 Å². The molecule has 0 amide bonds. The Labute approximate surface area is 126 Å². The van der Waals surface area contributed by atoms with E-state index in [4.69, 9.17) is 0 Å². The van der Waals surface area contributed by atoms with Gasteiger partial charge >= 0.3 is 0 Å². The highest BCUT2D eigenvalue weighted by molar-refractivity contribution is 5.67. The van der Waals surface area contributed by atoms with Gasteiger partial charge in [0.15, 0.2) is 0 Å². The Morgan fingerprint density at radius 2 is 1.67 bits per heavy atom. The number of rotatable bonds is 2. The molecule has 3 aliphatic rings. The van der Waals surface area contributed by atoms with E-state index in [-0.39, 0.29) is 0 Å². The van der Waals surface area contributed by atoms with E-state index in [1.54, 1.807) is 0 Å². The van der Waals surface area contributed by atoms with E-state index < -0.39 is 0 Å². The van der Waals surface area contributed by atoms with Crippen LogP contribution in [0.2, 0.25) is 0 Å². The topological polar surface area (TPSA) is 19.4 Å². The Balaban J connectivity index is 1.66. The third-order valence-corrected chi connectivity index (χ3v) is 4.82. The van der Waals surface area contributed by atoms with E-state index in [0.29, 0.717) is 6.04 Å². The van der Waals surface area contributed by atoms with Gasteiger partial charge in [-0.15, -0.1) is 0 Å². The van der Waals surface area contributed by atoms with Gasteiger partial charge in [0.25, 0.3) is 0 Å². The number of aromatic nitrogens is 1. The number of pyridine rings is 1. The molecule has 1 aromatic carbocycles. The molecule has 3 heteroatoms. The molecular formula is C18H21N3. The lowest BCUT2D eigenvalue weighted by Gasteiger charge is -2.33. The Morgan fingerprint density at radius 3 is 2.48 bits per heavy atom. The normalized spacial score (nSPS) is 24.9. The van der Waals surface area contributed by atoms with E-state index in [1.807, 2.05) is 12.4 Å². The maximum atomic E-state index is 4.49. The molecule has 0 aliphatic carbocycles. The van der Waals surface area contributed by atoms with E-state index >= 15 is 0 Å². The molecule has 0 atom stereocenters. The first-order valence-corrected chi connectivity index (χ1v) is 7.89. The highest BCUT2D eigenvalue weighted by Gasteiger charge is 2.29. The summed E-state index contributed by atoms with van der Waals surface area (Å²) in [5, 5.41) is 0. The van der Waals surface area contributed by atoms with Crippen molar-refractivity contribution in [1.29, 1.82) is 0 Å². The predicted molar refractivity (Wildman–Crippen MR) is 86.5 cm³/mol. The van der Waals surface area contributed by atoms with Gasteiger partial charge < -0.3 is 9.80 Å². The van der Waals surface area contributed by atoms with Crippen LogP contribution < -0.4 is 4.90 Å². The number of piperidine rings is 1. The number of fused-ring (bicyclic) bond motifs is 4. The average molecular weight is 279 g/mol. The Morgan fingerprint density at radius 1 is 0.857 bits per heavy atom. The first-order valence-electron chi connectivity index (χ1n) is 7.89. The predicted octanol–water partition coefficient (Wildman–Crippen LogP) is 3.03. The van der Waals surface area contributed by atoms with Gasteiger partial charge in [-0.2, -0.15) is 0 Å². The second-order valence-electron chi connectivity index (χ2n) is 6.06. The summed E-state index contributed by atoms with van der Waals surface area (Å²) in [4.78, 5) is 9.66. The Bertz CT molecular complexity index is 603. The van der Waals surface area contributed by atoms with Crippen molar-refractivity contribution >= 4 is 5.69 Å². The monoisotopic (exact) mass is 279 g/mol. The first-order chi connectivity index (χ1) is 10.4.